The lowest BCUT2D eigenvalue weighted by Gasteiger charge is -2.32. The van der Waals surface area contributed by atoms with E-state index in [-0.39, 0.29) is 23.9 Å². The minimum atomic E-state index is -0.327. The van der Waals surface area contributed by atoms with Crippen LogP contribution in [0.1, 0.15) is 17.9 Å². The van der Waals surface area contributed by atoms with Crippen LogP contribution in [0.2, 0.25) is 5.02 Å². The van der Waals surface area contributed by atoms with E-state index in [4.69, 9.17) is 16.3 Å². The molecule has 3 N–H and O–H groups in total. The minimum absolute atomic E-state index is 0.0259. The van der Waals surface area contributed by atoms with Crippen LogP contribution in [0.5, 0.6) is 5.75 Å². The fourth-order valence-corrected chi connectivity index (χ4v) is 3.13. The molecule has 0 aliphatic carbocycles. The van der Waals surface area contributed by atoms with Crippen LogP contribution in [0.25, 0.3) is 0 Å². The number of hydrogen-bond acceptors (Lipinski definition) is 3. The van der Waals surface area contributed by atoms with Gasteiger partial charge in [0.05, 0.1) is 13.2 Å². The molecular weight excluding hydrogens is 354 g/mol. The zero-order valence-electron chi connectivity index (χ0n) is 14.3. The van der Waals surface area contributed by atoms with Crippen LogP contribution in [0.4, 0.5) is 10.5 Å². The molecule has 7 heteroatoms. The molecule has 2 aromatic carbocycles. The number of methoxy groups -OCH3 is 1. The Balaban J connectivity index is 1.69. The van der Waals surface area contributed by atoms with Gasteiger partial charge < -0.3 is 20.7 Å². The summed E-state index contributed by atoms with van der Waals surface area (Å²) in [5.41, 5.74) is 1.63. The van der Waals surface area contributed by atoms with Crippen LogP contribution in [0, 0.1) is 0 Å². The van der Waals surface area contributed by atoms with Crippen molar-refractivity contribution < 1.29 is 14.3 Å². The van der Waals surface area contributed by atoms with Gasteiger partial charge in [-0.15, -0.1) is 0 Å². The molecular formula is C19H20ClN3O3. The molecule has 2 atom stereocenters. The Morgan fingerprint density at radius 1 is 1.15 bits per heavy atom. The summed E-state index contributed by atoms with van der Waals surface area (Å²) in [7, 11) is 1.61. The summed E-state index contributed by atoms with van der Waals surface area (Å²) >= 11 is 5.85. The van der Waals surface area contributed by atoms with E-state index in [0.29, 0.717) is 23.7 Å². The lowest BCUT2D eigenvalue weighted by atomic mass is 9.85. The highest BCUT2D eigenvalue weighted by molar-refractivity contribution is 6.30. The van der Waals surface area contributed by atoms with Crippen LogP contribution in [-0.2, 0) is 4.79 Å². The van der Waals surface area contributed by atoms with Crippen molar-refractivity contribution in [3.05, 3.63) is 59.1 Å². The number of rotatable bonds is 4. The van der Waals surface area contributed by atoms with Crippen molar-refractivity contribution in [2.24, 2.45) is 0 Å². The van der Waals surface area contributed by atoms with Crippen LogP contribution in [-0.4, -0.2) is 31.6 Å². The number of amides is 3. The predicted molar refractivity (Wildman–Crippen MR) is 101 cm³/mol. The van der Waals surface area contributed by atoms with Gasteiger partial charge in [-0.2, -0.15) is 0 Å². The Kier molecular flexibility index (Phi) is 5.63. The average Bonchev–Trinajstić information content (AvgIpc) is 2.65. The van der Waals surface area contributed by atoms with Gasteiger partial charge in [0.1, 0.15) is 5.75 Å². The highest BCUT2D eigenvalue weighted by Gasteiger charge is 2.31. The maximum absolute atomic E-state index is 12.3. The second-order valence-electron chi connectivity index (χ2n) is 6.10. The number of nitrogens with one attached hydrogen (secondary N) is 3. The van der Waals surface area contributed by atoms with E-state index in [9.17, 15) is 9.59 Å². The van der Waals surface area contributed by atoms with Crippen molar-refractivity contribution in [1.82, 2.24) is 10.6 Å². The fourth-order valence-electron chi connectivity index (χ4n) is 3.00. The number of hydrogen-bond donors (Lipinski definition) is 3. The SMILES string of the molecule is COc1ccc([C@H]2CC(=O)NC[C@@H]2NC(=O)Nc2ccc(Cl)cc2)cc1. The summed E-state index contributed by atoms with van der Waals surface area (Å²) in [5.74, 6) is 0.617. The lowest BCUT2D eigenvalue weighted by Crippen LogP contribution is -2.52. The topological polar surface area (TPSA) is 79.5 Å². The molecule has 2 aromatic rings. The van der Waals surface area contributed by atoms with Crippen LogP contribution in [0.3, 0.4) is 0 Å². The van der Waals surface area contributed by atoms with E-state index < -0.39 is 0 Å². The third-order valence-electron chi connectivity index (χ3n) is 4.37. The van der Waals surface area contributed by atoms with Gasteiger partial charge in [0.2, 0.25) is 5.91 Å². The van der Waals surface area contributed by atoms with Crippen LogP contribution in [0.15, 0.2) is 48.5 Å². The number of carbonyl (C=O) groups is 2. The molecule has 1 aliphatic heterocycles. The number of urea groups is 1. The third-order valence-corrected chi connectivity index (χ3v) is 4.62. The molecule has 1 fully saturated rings. The fraction of sp³-hybridized carbons (Fsp3) is 0.263. The van der Waals surface area contributed by atoms with Crippen molar-refractivity contribution in [2.45, 2.75) is 18.4 Å². The summed E-state index contributed by atoms with van der Waals surface area (Å²) in [6.45, 7) is 0.379. The third kappa shape index (κ3) is 4.46. The van der Waals surface area contributed by atoms with Gasteiger partial charge >= 0.3 is 6.03 Å². The van der Waals surface area contributed by atoms with Crippen molar-refractivity contribution in [3.8, 4) is 5.75 Å². The Hall–Kier alpha value is -2.73. The minimum Gasteiger partial charge on any atom is -0.497 e. The molecule has 0 saturated carbocycles. The molecule has 0 spiro atoms. The molecule has 1 aliphatic rings. The molecule has 6 nitrogen and oxygen atoms in total. The van der Waals surface area contributed by atoms with Gasteiger partial charge in [0.25, 0.3) is 0 Å². The number of piperidine rings is 1. The molecule has 0 bridgehead atoms. The first-order chi connectivity index (χ1) is 12.5. The van der Waals surface area contributed by atoms with Gasteiger partial charge in [-0.3, -0.25) is 4.79 Å². The quantitative estimate of drug-likeness (QED) is 0.770. The number of ether oxygens (including phenoxy) is 1. The van der Waals surface area contributed by atoms with E-state index in [1.165, 1.54) is 0 Å². The van der Waals surface area contributed by atoms with Gasteiger partial charge in [-0.1, -0.05) is 23.7 Å². The number of halogens is 1. The molecule has 1 saturated heterocycles. The van der Waals surface area contributed by atoms with Gasteiger partial charge in [0, 0.05) is 29.6 Å². The maximum Gasteiger partial charge on any atom is 0.319 e. The molecule has 26 heavy (non-hydrogen) atoms. The Bertz CT molecular complexity index is 778. The lowest BCUT2D eigenvalue weighted by molar-refractivity contribution is -0.123. The molecule has 0 aromatic heterocycles. The summed E-state index contributed by atoms with van der Waals surface area (Å²) < 4.78 is 5.18. The number of anilines is 1. The summed E-state index contributed by atoms with van der Waals surface area (Å²) in [6.07, 6.45) is 0.318. The van der Waals surface area contributed by atoms with Crippen LogP contribution >= 0.6 is 11.6 Å². The largest absolute Gasteiger partial charge is 0.497 e. The van der Waals surface area contributed by atoms with E-state index in [1.807, 2.05) is 24.3 Å². The van der Waals surface area contributed by atoms with Gasteiger partial charge in [-0.05, 0) is 42.0 Å². The molecule has 1 heterocycles. The number of benzene rings is 2. The van der Waals surface area contributed by atoms with E-state index in [1.54, 1.807) is 31.4 Å². The molecule has 3 amide bonds. The Morgan fingerprint density at radius 2 is 1.85 bits per heavy atom. The van der Waals surface area contributed by atoms with E-state index in [0.717, 1.165) is 11.3 Å². The smallest absolute Gasteiger partial charge is 0.319 e. The molecule has 3 rings (SSSR count). The van der Waals surface area contributed by atoms with Gasteiger partial charge in [0.15, 0.2) is 0 Å². The average molecular weight is 374 g/mol. The summed E-state index contributed by atoms with van der Waals surface area (Å²) in [5, 5.41) is 9.14. The highest BCUT2D eigenvalue weighted by atomic mass is 35.5. The first-order valence-corrected chi connectivity index (χ1v) is 8.66. The summed E-state index contributed by atoms with van der Waals surface area (Å²) in [6, 6.07) is 13.9. The zero-order chi connectivity index (χ0) is 18.5. The first kappa shape index (κ1) is 18.1. The Morgan fingerprint density at radius 3 is 2.50 bits per heavy atom. The normalized spacial score (nSPS) is 19.4. The Labute approximate surface area is 156 Å². The van der Waals surface area contributed by atoms with E-state index in [2.05, 4.69) is 16.0 Å². The van der Waals surface area contributed by atoms with Crippen molar-refractivity contribution in [2.75, 3.05) is 19.0 Å². The molecule has 136 valence electrons. The van der Waals surface area contributed by atoms with Crippen molar-refractivity contribution in [3.63, 3.8) is 0 Å². The summed E-state index contributed by atoms with van der Waals surface area (Å²) in [4.78, 5) is 24.2. The van der Waals surface area contributed by atoms with E-state index >= 15 is 0 Å². The highest BCUT2D eigenvalue weighted by Crippen LogP contribution is 2.28. The number of carbonyl (C=O) groups excluding carboxylic acids is 2. The second kappa shape index (κ2) is 8.10. The van der Waals surface area contributed by atoms with Crippen molar-refractivity contribution >= 4 is 29.2 Å². The standard InChI is InChI=1S/C19H20ClN3O3/c1-26-15-8-2-12(3-9-15)16-10-18(24)21-11-17(16)23-19(25)22-14-6-4-13(20)5-7-14/h2-9,16-17H,10-11H2,1H3,(H,21,24)(H2,22,23,25)/t16-,17+/m1/s1. The maximum atomic E-state index is 12.3. The predicted octanol–water partition coefficient (Wildman–Crippen LogP) is 3.14. The van der Waals surface area contributed by atoms with Crippen molar-refractivity contribution in [1.29, 1.82) is 0 Å². The second-order valence-corrected chi connectivity index (χ2v) is 6.54. The zero-order valence-corrected chi connectivity index (χ0v) is 15.0. The van der Waals surface area contributed by atoms with Gasteiger partial charge in [-0.25, -0.2) is 4.79 Å². The molecule has 0 radical (unpaired) electrons. The monoisotopic (exact) mass is 373 g/mol. The molecule has 0 unspecified atom stereocenters. The first-order valence-electron chi connectivity index (χ1n) is 8.29. The van der Waals surface area contributed by atoms with Crippen LogP contribution < -0.4 is 20.7 Å².